The molecule has 1 aromatic carbocycles. The van der Waals surface area contributed by atoms with Crippen LogP contribution in [0.15, 0.2) is 35.3 Å². The fraction of sp³-hybridized carbons (Fsp3) is 0.286. The highest BCUT2D eigenvalue weighted by atomic mass is 79.9. The molecule has 4 nitrogen and oxygen atoms in total. The number of halogens is 1. The number of aromatic nitrogens is 2. The zero-order valence-electron chi connectivity index (χ0n) is 10.9. The maximum absolute atomic E-state index is 5.61. The van der Waals surface area contributed by atoms with Gasteiger partial charge in [0, 0.05) is 11.8 Å². The lowest BCUT2D eigenvalue weighted by Gasteiger charge is -2.12. The zero-order chi connectivity index (χ0) is 13.7. The third-order valence-corrected chi connectivity index (χ3v) is 3.15. The van der Waals surface area contributed by atoms with Crippen molar-refractivity contribution in [2.75, 3.05) is 13.2 Å². The smallest absolute Gasteiger partial charge is 0.161 e. The quantitative estimate of drug-likeness (QED) is 0.787. The number of rotatable bonds is 5. The summed E-state index contributed by atoms with van der Waals surface area (Å²) in [4.78, 5) is 8.17. The Morgan fingerprint density at radius 1 is 1.11 bits per heavy atom. The normalized spacial score (nSPS) is 10.3. The predicted octanol–water partition coefficient (Wildman–Crippen LogP) is 3.70. The molecule has 0 aliphatic carbocycles. The molecule has 0 saturated carbocycles. The van der Waals surface area contributed by atoms with Crippen LogP contribution in [0.1, 0.15) is 13.8 Å². The molecule has 0 amide bonds. The highest BCUT2D eigenvalue weighted by Crippen LogP contribution is 2.34. The molecule has 0 unspecified atom stereocenters. The van der Waals surface area contributed by atoms with Gasteiger partial charge in [-0.05, 0) is 47.5 Å². The van der Waals surface area contributed by atoms with Gasteiger partial charge in [0.2, 0.25) is 0 Å². The van der Waals surface area contributed by atoms with Crippen LogP contribution in [0, 0.1) is 0 Å². The van der Waals surface area contributed by atoms with Gasteiger partial charge in [-0.3, -0.25) is 0 Å². The minimum absolute atomic E-state index is 0.593. The van der Waals surface area contributed by atoms with Crippen LogP contribution in [0.2, 0.25) is 0 Å². The van der Waals surface area contributed by atoms with E-state index in [9.17, 15) is 0 Å². The van der Waals surface area contributed by atoms with Crippen molar-refractivity contribution in [3.05, 3.63) is 35.3 Å². The lowest BCUT2D eigenvalue weighted by Crippen LogP contribution is -1.98. The number of hydrogen-bond acceptors (Lipinski definition) is 4. The van der Waals surface area contributed by atoms with Crippen LogP contribution in [0.3, 0.4) is 0 Å². The van der Waals surface area contributed by atoms with E-state index < -0.39 is 0 Å². The van der Waals surface area contributed by atoms with Crippen LogP contribution in [-0.4, -0.2) is 23.2 Å². The number of hydrogen-bond donors (Lipinski definition) is 0. The molecule has 0 spiro atoms. The van der Waals surface area contributed by atoms with Crippen molar-refractivity contribution in [1.29, 1.82) is 0 Å². The molecule has 19 heavy (non-hydrogen) atoms. The summed E-state index contributed by atoms with van der Waals surface area (Å²) < 4.78 is 11.9. The first-order chi connectivity index (χ1) is 9.26. The third-order valence-electron chi connectivity index (χ3n) is 2.52. The Bertz CT molecular complexity index is 561. The standard InChI is InChI=1S/C14H15BrN2O2/c1-3-18-12-6-5-10(7-13(12)19-4-2)11-8-16-9-17-14(11)15/h5-9H,3-4H2,1-2H3. The molecule has 0 bridgehead atoms. The second-order valence-corrected chi connectivity index (χ2v) is 4.51. The van der Waals surface area contributed by atoms with Crippen LogP contribution in [-0.2, 0) is 0 Å². The van der Waals surface area contributed by atoms with Crippen molar-refractivity contribution in [1.82, 2.24) is 9.97 Å². The van der Waals surface area contributed by atoms with Crippen molar-refractivity contribution < 1.29 is 9.47 Å². The summed E-state index contributed by atoms with van der Waals surface area (Å²) in [6.45, 7) is 5.10. The van der Waals surface area contributed by atoms with Gasteiger partial charge in [0.25, 0.3) is 0 Å². The molecule has 0 N–H and O–H groups in total. The highest BCUT2D eigenvalue weighted by Gasteiger charge is 2.10. The molecule has 0 saturated heterocycles. The van der Waals surface area contributed by atoms with Crippen molar-refractivity contribution in [3.63, 3.8) is 0 Å². The first-order valence-electron chi connectivity index (χ1n) is 6.11. The summed E-state index contributed by atoms with van der Waals surface area (Å²) in [6, 6.07) is 5.82. The molecule has 0 radical (unpaired) electrons. The molecular weight excluding hydrogens is 308 g/mol. The Balaban J connectivity index is 2.43. The van der Waals surface area contributed by atoms with Gasteiger partial charge in [0.15, 0.2) is 11.5 Å². The fourth-order valence-electron chi connectivity index (χ4n) is 1.73. The lowest BCUT2D eigenvalue weighted by atomic mass is 10.1. The molecule has 0 atom stereocenters. The Hall–Kier alpha value is -1.62. The highest BCUT2D eigenvalue weighted by molar-refractivity contribution is 9.10. The van der Waals surface area contributed by atoms with Gasteiger partial charge in [-0.1, -0.05) is 6.07 Å². The van der Waals surface area contributed by atoms with E-state index in [1.54, 1.807) is 6.20 Å². The molecule has 5 heteroatoms. The van der Waals surface area contributed by atoms with Gasteiger partial charge in [-0.2, -0.15) is 0 Å². The van der Waals surface area contributed by atoms with E-state index in [0.29, 0.717) is 13.2 Å². The molecule has 1 aromatic heterocycles. The Morgan fingerprint density at radius 3 is 2.53 bits per heavy atom. The van der Waals surface area contributed by atoms with Gasteiger partial charge in [-0.15, -0.1) is 0 Å². The zero-order valence-corrected chi connectivity index (χ0v) is 12.5. The average molecular weight is 323 g/mol. The van der Waals surface area contributed by atoms with E-state index in [-0.39, 0.29) is 0 Å². The summed E-state index contributed by atoms with van der Waals surface area (Å²) in [5, 5.41) is 0. The average Bonchev–Trinajstić information content (AvgIpc) is 2.42. The van der Waals surface area contributed by atoms with Crippen LogP contribution in [0.5, 0.6) is 11.5 Å². The number of benzene rings is 1. The monoisotopic (exact) mass is 322 g/mol. The predicted molar refractivity (Wildman–Crippen MR) is 77.5 cm³/mol. The van der Waals surface area contributed by atoms with E-state index in [1.165, 1.54) is 6.33 Å². The summed E-state index contributed by atoms with van der Waals surface area (Å²) in [7, 11) is 0. The van der Waals surface area contributed by atoms with E-state index in [2.05, 4.69) is 25.9 Å². The van der Waals surface area contributed by atoms with Crippen molar-refractivity contribution in [2.24, 2.45) is 0 Å². The van der Waals surface area contributed by atoms with Crippen molar-refractivity contribution in [2.45, 2.75) is 13.8 Å². The molecule has 0 aliphatic heterocycles. The summed E-state index contributed by atoms with van der Waals surface area (Å²) in [5.41, 5.74) is 1.91. The maximum atomic E-state index is 5.61. The largest absolute Gasteiger partial charge is 0.490 e. The molecule has 2 aromatic rings. The number of ether oxygens (including phenoxy) is 2. The minimum Gasteiger partial charge on any atom is -0.490 e. The molecule has 0 fully saturated rings. The molecular formula is C14H15BrN2O2. The van der Waals surface area contributed by atoms with Crippen LogP contribution < -0.4 is 9.47 Å². The summed E-state index contributed by atoms with van der Waals surface area (Å²) in [6.07, 6.45) is 3.27. The molecule has 100 valence electrons. The first kappa shape index (κ1) is 13.8. The van der Waals surface area contributed by atoms with Crippen LogP contribution in [0.25, 0.3) is 11.1 Å². The van der Waals surface area contributed by atoms with E-state index >= 15 is 0 Å². The van der Waals surface area contributed by atoms with E-state index in [0.717, 1.165) is 27.2 Å². The second kappa shape index (κ2) is 6.52. The maximum Gasteiger partial charge on any atom is 0.161 e. The third kappa shape index (κ3) is 3.23. The molecule has 2 rings (SSSR count). The van der Waals surface area contributed by atoms with Gasteiger partial charge in [0.05, 0.1) is 13.2 Å². The fourth-order valence-corrected chi connectivity index (χ4v) is 2.15. The topological polar surface area (TPSA) is 44.2 Å². The van der Waals surface area contributed by atoms with Gasteiger partial charge in [-0.25, -0.2) is 9.97 Å². The van der Waals surface area contributed by atoms with Gasteiger partial charge in [0.1, 0.15) is 10.9 Å². The van der Waals surface area contributed by atoms with Crippen LogP contribution in [0.4, 0.5) is 0 Å². The lowest BCUT2D eigenvalue weighted by molar-refractivity contribution is 0.288. The molecule has 0 aliphatic rings. The summed E-state index contributed by atoms with van der Waals surface area (Å²) >= 11 is 3.42. The number of nitrogens with zero attached hydrogens (tertiary/aromatic N) is 2. The van der Waals surface area contributed by atoms with Crippen LogP contribution >= 0.6 is 15.9 Å². The minimum atomic E-state index is 0.593. The Labute approximate surface area is 120 Å². The molecule has 1 heterocycles. The Morgan fingerprint density at radius 2 is 1.84 bits per heavy atom. The van der Waals surface area contributed by atoms with E-state index in [1.807, 2.05) is 32.0 Å². The van der Waals surface area contributed by atoms with Gasteiger partial charge >= 0.3 is 0 Å². The SMILES string of the molecule is CCOc1ccc(-c2cncnc2Br)cc1OCC. The summed E-state index contributed by atoms with van der Waals surface area (Å²) in [5.74, 6) is 1.48. The van der Waals surface area contributed by atoms with Gasteiger partial charge < -0.3 is 9.47 Å². The first-order valence-corrected chi connectivity index (χ1v) is 6.91. The van der Waals surface area contributed by atoms with Crippen molar-refractivity contribution in [3.8, 4) is 22.6 Å². The second-order valence-electron chi connectivity index (χ2n) is 3.75. The van der Waals surface area contributed by atoms with Crippen molar-refractivity contribution >= 4 is 15.9 Å². The van der Waals surface area contributed by atoms with E-state index in [4.69, 9.17) is 9.47 Å². The Kier molecular flexibility index (Phi) is 4.74.